The predicted octanol–water partition coefficient (Wildman–Crippen LogP) is 0.800. The molecule has 0 radical (unpaired) electrons. The minimum Gasteiger partial charge on any atom is -0.459 e. The van der Waals surface area contributed by atoms with E-state index in [-0.39, 0.29) is 5.92 Å². The van der Waals surface area contributed by atoms with Gasteiger partial charge in [0.15, 0.2) is 0 Å². The second-order valence-electron chi connectivity index (χ2n) is 6.02. The molecule has 0 spiro atoms. The van der Waals surface area contributed by atoms with Crippen molar-refractivity contribution in [2.75, 3.05) is 6.26 Å². The van der Waals surface area contributed by atoms with Gasteiger partial charge in [-0.25, -0.2) is 0 Å². The summed E-state index contributed by atoms with van der Waals surface area (Å²) in [7, 11) is -3.65. The number of rotatable bonds is 5. The SMILES string of the molecule is CC(C)(C)OC(=O)C(N)C(OS(C)(=O)=O)C1CCC1. The molecule has 0 aliphatic heterocycles. The highest BCUT2D eigenvalue weighted by Gasteiger charge is 2.39. The monoisotopic (exact) mass is 293 g/mol. The molecule has 19 heavy (non-hydrogen) atoms. The van der Waals surface area contributed by atoms with E-state index in [9.17, 15) is 13.2 Å². The Labute approximate surface area is 114 Å². The zero-order chi connectivity index (χ0) is 14.8. The van der Waals surface area contributed by atoms with Crippen LogP contribution in [-0.4, -0.2) is 38.4 Å². The minimum absolute atomic E-state index is 0.00255. The molecule has 2 N–H and O–H groups in total. The van der Waals surface area contributed by atoms with Crippen LogP contribution in [0, 0.1) is 5.92 Å². The summed E-state index contributed by atoms with van der Waals surface area (Å²) in [6.45, 7) is 5.19. The molecular formula is C12H23NO5S. The van der Waals surface area contributed by atoms with Gasteiger partial charge in [0.2, 0.25) is 0 Å². The first-order chi connectivity index (χ1) is 8.49. The predicted molar refractivity (Wildman–Crippen MR) is 70.9 cm³/mol. The summed E-state index contributed by atoms with van der Waals surface area (Å²) in [5, 5.41) is 0. The summed E-state index contributed by atoms with van der Waals surface area (Å²) in [5.74, 6) is -0.634. The molecule has 1 aliphatic carbocycles. The van der Waals surface area contributed by atoms with Crippen LogP contribution in [0.25, 0.3) is 0 Å². The lowest BCUT2D eigenvalue weighted by Gasteiger charge is -2.35. The van der Waals surface area contributed by atoms with Crippen LogP contribution < -0.4 is 5.73 Å². The van der Waals surface area contributed by atoms with Crippen molar-refractivity contribution in [3.05, 3.63) is 0 Å². The van der Waals surface area contributed by atoms with Gasteiger partial charge in [-0.3, -0.25) is 8.98 Å². The maximum atomic E-state index is 11.9. The highest BCUT2D eigenvalue weighted by molar-refractivity contribution is 7.86. The number of hydrogen-bond acceptors (Lipinski definition) is 6. The highest BCUT2D eigenvalue weighted by atomic mass is 32.2. The average molecular weight is 293 g/mol. The lowest BCUT2D eigenvalue weighted by atomic mass is 9.79. The minimum atomic E-state index is -3.65. The first-order valence-corrected chi connectivity index (χ1v) is 8.18. The van der Waals surface area contributed by atoms with Crippen molar-refractivity contribution in [3.63, 3.8) is 0 Å². The summed E-state index contributed by atoms with van der Waals surface area (Å²) in [6.07, 6.45) is 2.75. The summed E-state index contributed by atoms with van der Waals surface area (Å²) in [5.41, 5.74) is 5.16. The largest absolute Gasteiger partial charge is 0.459 e. The number of hydrogen-bond donors (Lipinski definition) is 1. The standard InChI is InChI=1S/C12H23NO5S/c1-12(2,3)17-11(14)9(13)10(8-6-5-7-8)18-19(4,15)16/h8-10H,5-7,13H2,1-4H3. The average Bonchev–Trinajstić information content (AvgIpc) is 2.07. The number of carbonyl (C=O) groups is 1. The van der Waals surface area contributed by atoms with Crippen molar-refractivity contribution in [2.45, 2.75) is 57.8 Å². The second-order valence-corrected chi connectivity index (χ2v) is 7.62. The molecule has 2 unspecified atom stereocenters. The van der Waals surface area contributed by atoms with Crippen molar-refractivity contribution >= 4 is 16.1 Å². The molecule has 0 aromatic carbocycles. The van der Waals surface area contributed by atoms with E-state index in [0.717, 1.165) is 25.5 Å². The Morgan fingerprint density at radius 2 is 1.84 bits per heavy atom. The molecule has 0 aromatic rings. The topological polar surface area (TPSA) is 95.7 Å². The van der Waals surface area contributed by atoms with E-state index < -0.39 is 33.8 Å². The fraction of sp³-hybridized carbons (Fsp3) is 0.917. The maximum absolute atomic E-state index is 11.9. The quantitative estimate of drug-likeness (QED) is 0.595. The van der Waals surface area contributed by atoms with Crippen LogP contribution in [0.1, 0.15) is 40.0 Å². The lowest BCUT2D eigenvalue weighted by molar-refractivity contribution is -0.160. The van der Waals surface area contributed by atoms with Gasteiger partial charge in [0.25, 0.3) is 10.1 Å². The van der Waals surface area contributed by atoms with E-state index in [1.54, 1.807) is 20.8 Å². The van der Waals surface area contributed by atoms with Crippen LogP contribution in [-0.2, 0) is 23.8 Å². The Hall–Kier alpha value is -0.660. The van der Waals surface area contributed by atoms with Crippen LogP contribution in [0.2, 0.25) is 0 Å². The first-order valence-electron chi connectivity index (χ1n) is 6.36. The summed E-state index contributed by atoms with van der Waals surface area (Å²) < 4.78 is 32.7. The van der Waals surface area contributed by atoms with Gasteiger partial charge in [-0.15, -0.1) is 0 Å². The van der Waals surface area contributed by atoms with Gasteiger partial charge in [-0.05, 0) is 39.5 Å². The molecule has 7 heteroatoms. The van der Waals surface area contributed by atoms with E-state index in [0.29, 0.717) is 0 Å². The van der Waals surface area contributed by atoms with E-state index in [1.165, 1.54) is 0 Å². The molecule has 1 aliphatic rings. The van der Waals surface area contributed by atoms with Crippen molar-refractivity contribution in [1.29, 1.82) is 0 Å². The summed E-state index contributed by atoms with van der Waals surface area (Å²) in [6, 6.07) is -1.08. The van der Waals surface area contributed by atoms with E-state index in [2.05, 4.69) is 0 Å². The molecule has 1 rings (SSSR count). The van der Waals surface area contributed by atoms with Gasteiger partial charge in [-0.1, -0.05) is 6.42 Å². The van der Waals surface area contributed by atoms with Crippen molar-refractivity contribution in [3.8, 4) is 0 Å². The maximum Gasteiger partial charge on any atom is 0.326 e. The Morgan fingerprint density at radius 1 is 1.32 bits per heavy atom. The Balaban J connectivity index is 2.76. The number of carbonyl (C=O) groups excluding carboxylic acids is 1. The normalized spacial score (nSPS) is 20.5. The summed E-state index contributed by atoms with van der Waals surface area (Å²) >= 11 is 0. The van der Waals surface area contributed by atoms with Gasteiger partial charge in [0.05, 0.1) is 6.26 Å². The third-order valence-corrected chi connectivity index (χ3v) is 3.51. The zero-order valence-corrected chi connectivity index (χ0v) is 12.7. The van der Waals surface area contributed by atoms with E-state index in [1.807, 2.05) is 0 Å². The third kappa shape index (κ3) is 5.46. The van der Waals surface area contributed by atoms with Crippen LogP contribution in [0.4, 0.5) is 0 Å². The van der Waals surface area contributed by atoms with Gasteiger partial charge < -0.3 is 10.5 Å². The third-order valence-electron chi connectivity index (χ3n) is 2.93. The van der Waals surface area contributed by atoms with E-state index >= 15 is 0 Å². The first kappa shape index (κ1) is 16.4. The molecule has 0 amide bonds. The van der Waals surface area contributed by atoms with Crippen molar-refractivity contribution < 1.29 is 22.1 Å². The van der Waals surface area contributed by atoms with Gasteiger partial charge in [-0.2, -0.15) is 8.42 Å². The fourth-order valence-corrected chi connectivity index (χ4v) is 2.59. The fourth-order valence-electron chi connectivity index (χ4n) is 1.91. The van der Waals surface area contributed by atoms with Gasteiger partial charge in [0, 0.05) is 0 Å². The Kier molecular flexibility index (Phi) is 4.97. The molecule has 0 saturated heterocycles. The van der Waals surface area contributed by atoms with Crippen molar-refractivity contribution in [2.24, 2.45) is 11.7 Å². The smallest absolute Gasteiger partial charge is 0.326 e. The zero-order valence-electron chi connectivity index (χ0n) is 11.9. The molecule has 2 atom stereocenters. The van der Waals surface area contributed by atoms with Gasteiger partial charge >= 0.3 is 5.97 Å². The number of esters is 1. The van der Waals surface area contributed by atoms with Gasteiger partial charge in [0.1, 0.15) is 17.7 Å². The second kappa shape index (κ2) is 5.76. The van der Waals surface area contributed by atoms with E-state index in [4.69, 9.17) is 14.7 Å². The lowest BCUT2D eigenvalue weighted by Crippen LogP contribution is -2.51. The van der Waals surface area contributed by atoms with Crippen LogP contribution in [0.5, 0.6) is 0 Å². The number of ether oxygens (including phenoxy) is 1. The van der Waals surface area contributed by atoms with Crippen LogP contribution in [0.15, 0.2) is 0 Å². The Morgan fingerprint density at radius 3 is 2.16 bits per heavy atom. The molecule has 0 bridgehead atoms. The van der Waals surface area contributed by atoms with Crippen LogP contribution in [0.3, 0.4) is 0 Å². The molecule has 6 nitrogen and oxygen atoms in total. The Bertz CT molecular complexity index is 422. The molecular weight excluding hydrogens is 270 g/mol. The van der Waals surface area contributed by atoms with Crippen LogP contribution >= 0.6 is 0 Å². The molecule has 1 fully saturated rings. The number of nitrogens with two attached hydrogens (primary N) is 1. The molecule has 1 saturated carbocycles. The molecule has 0 aromatic heterocycles. The molecule has 112 valence electrons. The molecule has 0 heterocycles. The highest BCUT2D eigenvalue weighted by Crippen LogP contribution is 2.33. The summed E-state index contributed by atoms with van der Waals surface area (Å²) in [4.78, 5) is 11.9. The van der Waals surface area contributed by atoms with Crippen molar-refractivity contribution in [1.82, 2.24) is 0 Å².